The second-order valence-electron chi connectivity index (χ2n) is 7.20. The number of amides is 1. The maximum atomic E-state index is 12.9. The first-order valence-corrected chi connectivity index (χ1v) is 10.0. The van der Waals surface area contributed by atoms with Crippen LogP contribution in [0.4, 0.5) is 17.1 Å². The zero-order valence-electron chi connectivity index (χ0n) is 17.7. The molecule has 3 aromatic rings. The lowest BCUT2D eigenvalue weighted by Crippen LogP contribution is -2.42. The van der Waals surface area contributed by atoms with Gasteiger partial charge in [-0.3, -0.25) is 9.79 Å². The summed E-state index contributed by atoms with van der Waals surface area (Å²) in [6.45, 7) is 0.403. The lowest BCUT2D eigenvalue weighted by atomic mass is 10.2. The zero-order chi connectivity index (χ0) is 23.8. The number of nitrogen functional groups attached to an aromatic ring is 2. The van der Waals surface area contributed by atoms with Gasteiger partial charge in [-0.25, -0.2) is 0 Å². The normalized spacial score (nSPS) is 12.5. The molecule has 0 aliphatic carbocycles. The first-order valence-electron chi connectivity index (χ1n) is 10.0. The van der Waals surface area contributed by atoms with Gasteiger partial charge in [0.2, 0.25) is 6.04 Å². The van der Waals surface area contributed by atoms with E-state index >= 15 is 0 Å². The van der Waals surface area contributed by atoms with Crippen LogP contribution in [-0.4, -0.2) is 28.0 Å². The van der Waals surface area contributed by atoms with Crippen LogP contribution in [0.2, 0.25) is 0 Å². The van der Waals surface area contributed by atoms with E-state index in [9.17, 15) is 15.0 Å². The zero-order valence-corrected chi connectivity index (χ0v) is 17.7. The Morgan fingerprint density at radius 2 is 1.58 bits per heavy atom. The van der Waals surface area contributed by atoms with Gasteiger partial charge in [-0.2, -0.15) is 10.2 Å². The molecule has 0 heterocycles. The Morgan fingerprint density at radius 3 is 2.24 bits per heavy atom. The van der Waals surface area contributed by atoms with Crippen LogP contribution >= 0.6 is 0 Å². The molecule has 0 aliphatic rings. The number of phenols is 2. The molecule has 9 N–H and O–H groups in total. The van der Waals surface area contributed by atoms with E-state index in [1.54, 1.807) is 12.1 Å². The maximum absolute atomic E-state index is 12.9. The molecule has 170 valence electrons. The van der Waals surface area contributed by atoms with Gasteiger partial charge in [0.1, 0.15) is 17.3 Å². The van der Waals surface area contributed by atoms with Crippen molar-refractivity contribution in [2.24, 2.45) is 21.0 Å². The van der Waals surface area contributed by atoms with Crippen molar-refractivity contribution in [2.45, 2.75) is 19.1 Å². The Hall–Kier alpha value is -4.60. The third kappa shape index (κ3) is 6.44. The topological polar surface area (TPSA) is 185 Å². The molecule has 10 nitrogen and oxygen atoms in total. The molecule has 0 fully saturated rings. The Labute approximate surface area is 190 Å². The number of nitrogens with two attached hydrogens (primary N) is 3. The molecule has 0 saturated heterocycles. The number of rotatable bonds is 8. The van der Waals surface area contributed by atoms with Gasteiger partial charge in [-0.1, -0.05) is 36.4 Å². The average Bonchev–Trinajstić information content (AvgIpc) is 2.81. The number of aliphatic imine (C=N–C) groups is 1. The second kappa shape index (κ2) is 10.6. The van der Waals surface area contributed by atoms with Crippen molar-refractivity contribution < 1.29 is 15.0 Å². The number of carbonyl (C=O) groups excluding carboxylic acids is 1. The van der Waals surface area contributed by atoms with Gasteiger partial charge in [0.15, 0.2) is 0 Å². The molecule has 33 heavy (non-hydrogen) atoms. The van der Waals surface area contributed by atoms with E-state index in [1.807, 2.05) is 30.3 Å². The summed E-state index contributed by atoms with van der Waals surface area (Å²) in [7, 11) is 0. The molecule has 3 rings (SSSR count). The van der Waals surface area contributed by atoms with Crippen molar-refractivity contribution in [3.8, 4) is 11.5 Å². The van der Waals surface area contributed by atoms with Crippen molar-refractivity contribution in [1.82, 2.24) is 5.32 Å². The summed E-state index contributed by atoms with van der Waals surface area (Å²) in [5.74, 6) is -0.653. The van der Waals surface area contributed by atoms with Crippen molar-refractivity contribution in [3.05, 3.63) is 77.9 Å². The molecule has 3 aromatic carbocycles. The SMILES string of the molecule is NC(=NCc1ccc(O)c(N)c1)C(N=Nc1ccc(O)c(N)c1)C(=O)NCc1ccccc1. The fourth-order valence-electron chi connectivity index (χ4n) is 2.83. The number of carbonyl (C=O) groups is 1. The summed E-state index contributed by atoms with van der Waals surface area (Å²) in [6.07, 6.45) is 0. The van der Waals surface area contributed by atoms with Crippen LogP contribution in [0.3, 0.4) is 0 Å². The van der Waals surface area contributed by atoms with Crippen LogP contribution in [0.1, 0.15) is 11.1 Å². The second-order valence-corrected chi connectivity index (χ2v) is 7.20. The molecule has 1 unspecified atom stereocenters. The molecule has 0 saturated carbocycles. The molecular weight excluding hydrogens is 422 g/mol. The van der Waals surface area contributed by atoms with Gasteiger partial charge in [-0.15, -0.1) is 0 Å². The first kappa shape index (κ1) is 23.1. The van der Waals surface area contributed by atoms with E-state index in [0.717, 1.165) is 5.56 Å². The van der Waals surface area contributed by atoms with Crippen LogP contribution in [0.15, 0.2) is 82.0 Å². The highest BCUT2D eigenvalue weighted by molar-refractivity contribution is 6.06. The van der Waals surface area contributed by atoms with Gasteiger partial charge in [0.05, 0.1) is 23.6 Å². The minimum absolute atomic E-state index is 0.0316. The summed E-state index contributed by atoms with van der Waals surface area (Å²) in [5.41, 5.74) is 19.8. The number of nitrogens with zero attached hydrogens (tertiary/aromatic N) is 3. The van der Waals surface area contributed by atoms with E-state index in [2.05, 4.69) is 20.5 Å². The lowest BCUT2D eigenvalue weighted by molar-refractivity contribution is -0.121. The number of hydrogen-bond acceptors (Lipinski definition) is 8. The monoisotopic (exact) mass is 447 g/mol. The van der Waals surface area contributed by atoms with E-state index < -0.39 is 11.9 Å². The number of benzene rings is 3. The Balaban J connectivity index is 1.80. The summed E-state index contributed by atoms with van der Waals surface area (Å²) >= 11 is 0. The van der Waals surface area contributed by atoms with Crippen LogP contribution in [0.25, 0.3) is 0 Å². The molecule has 0 spiro atoms. The Bertz CT molecular complexity index is 1180. The van der Waals surface area contributed by atoms with E-state index in [-0.39, 0.29) is 41.8 Å². The van der Waals surface area contributed by atoms with Gasteiger partial charge in [0, 0.05) is 6.54 Å². The molecule has 0 radical (unpaired) electrons. The molecule has 0 aromatic heterocycles. The maximum Gasteiger partial charge on any atom is 0.254 e. The number of nitrogens with one attached hydrogen (secondary N) is 1. The molecule has 0 bridgehead atoms. The van der Waals surface area contributed by atoms with Gasteiger partial charge in [-0.05, 0) is 41.5 Å². The van der Waals surface area contributed by atoms with Crippen molar-refractivity contribution in [2.75, 3.05) is 11.5 Å². The molecule has 1 atom stereocenters. The number of phenolic OH excluding ortho intramolecular Hbond substituents is 2. The van der Waals surface area contributed by atoms with Gasteiger partial charge >= 0.3 is 0 Å². The third-order valence-corrected chi connectivity index (χ3v) is 4.67. The van der Waals surface area contributed by atoms with Crippen LogP contribution in [0.5, 0.6) is 11.5 Å². The minimum Gasteiger partial charge on any atom is -0.506 e. The quantitative estimate of drug-likeness (QED) is 0.101. The Kier molecular flexibility index (Phi) is 7.43. The van der Waals surface area contributed by atoms with Crippen molar-refractivity contribution in [1.29, 1.82) is 0 Å². The summed E-state index contributed by atoms with van der Waals surface area (Å²) in [5, 5.41) is 30.0. The summed E-state index contributed by atoms with van der Waals surface area (Å²) < 4.78 is 0. The fraction of sp³-hybridized carbons (Fsp3) is 0.130. The predicted octanol–water partition coefficient (Wildman–Crippen LogP) is 2.59. The highest BCUT2D eigenvalue weighted by atomic mass is 16.3. The first-order chi connectivity index (χ1) is 15.8. The molecule has 0 aliphatic heterocycles. The van der Waals surface area contributed by atoms with Gasteiger partial charge in [0.25, 0.3) is 5.91 Å². The fourth-order valence-corrected chi connectivity index (χ4v) is 2.83. The van der Waals surface area contributed by atoms with E-state index in [0.29, 0.717) is 11.3 Å². The average molecular weight is 447 g/mol. The summed E-state index contributed by atoms with van der Waals surface area (Å²) in [4.78, 5) is 17.1. The largest absolute Gasteiger partial charge is 0.506 e. The predicted molar refractivity (Wildman–Crippen MR) is 127 cm³/mol. The number of aromatic hydroxyl groups is 2. The van der Waals surface area contributed by atoms with Crippen molar-refractivity contribution >= 4 is 28.8 Å². The highest BCUT2D eigenvalue weighted by Crippen LogP contribution is 2.25. The smallest absolute Gasteiger partial charge is 0.254 e. The molecule has 1 amide bonds. The van der Waals surface area contributed by atoms with E-state index in [4.69, 9.17) is 17.2 Å². The van der Waals surface area contributed by atoms with Gasteiger partial charge < -0.3 is 32.7 Å². The molecule has 10 heteroatoms. The van der Waals surface area contributed by atoms with Crippen LogP contribution in [0, 0.1) is 0 Å². The standard InChI is InChI=1S/C23H25N7O3/c24-17-10-15(6-8-19(17)31)13-27-22(26)21(23(33)28-12-14-4-2-1-3-5-14)30-29-16-7-9-20(32)18(25)11-16/h1-11,21,31-32H,12-13,24-25H2,(H2,26,27)(H,28,33). The van der Waals surface area contributed by atoms with Crippen LogP contribution in [-0.2, 0) is 17.9 Å². The number of amidine groups is 1. The highest BCUT2D eigenvalue weighted by Gasteiger charge is 2.22. The van der Waals surface area contributed by atoms with Crippen LogP contribution < -0.4 is 22.5 Å². The number of azo groups is 1. The number of anilines is 2. The minimum atomic E-state index is -1.20. The lowest BCUT2D eigenvalue weighted by Gasteiger charge is -2.12. The number of hydrogen-bond donors (Lipinski definition) is 6. The Morgan fingerprint density at radius 1 is 0.909 bits per heavy atom. The third-order valence-electron chi connectivity index (χ3n) is 4.67. The molecular formula is C23H25N7O3. The van der Waals surface area contributed by atoms with Crippen molar-refractivity contribution in [3.63, 3.8) is 0 Å². The van der Waals surface area contributed by atoms with E-state index in [1.165, 1.54) is 24.3 Å². The summed E-state index contributed by atoms with van der Waals surface area (Å²) in [6, 6.07) is 17.1.